The van der Waals surface area contributed by atoms with Crippen LogP contribution in [-0.2, 0) is 28.8 Å². The van der Waals surface area contributed by atoms with E-state index >= 15 is 0 Å². The van der Waals surface area contributed by atoms with Crippen LogP contribution in [0.25, 0.3) is 0 Å². The summed E-state index contributed by atoms with van der Waals surface area (Å²) in [5, 5.41) is 26.1. The lowest BCUT2D eigenvalue weighted by Gasteiger charge is -2.42. The van der Waals surface area contributed by atoms with E-state index < -0.39 is 76.0 Å². The van der Waals surface area contributed by atoms with Gasteiger partial charge in [0.15, 0.2) is 0 Å². The number of hydrogen-bond acceptors (Lipinski definition) is 8. The third kappa shape index (κ3) is 8.29. The third-order valence-corrected chi connectivity index (χ3v) is 11.3. The second kappa shape index (κ2) is 14.5. The highest BCUT2D eigenvalue weighted by Gasteiger charge is 2.70. The van der Waals surface area contributed by atoms with Gasteiger partial charge in [0.2, 0.25) is 23.5 Å². The minimum atomic E-state index is -1.07. The van der Waals surface area contributed by atoms with Gasteiger partial charge in [-0.3, -0.25) is 34.2 Å². The van der Waals surface area contributed by atoms with Crippen LogP contribution in [0.2, 0.25) is 0 Å². The van der Waals surface area contributed by atoms with Crippen molar-refractivity contribution in [2.75, 3.05) is 13.1 Å². The summed E-state index contributed by atoms with van der Waals surface area (Å²) >= 11 is 0. The zero-order valence-electron chi connectivity index (χ0n) is 29.9. The molecule has 5 amide bonds. The Hall–Kier alpha value is -3.90. The highest BCUT2D eigenvalue weighted by atomic mass is 16.2. The molecule has 13 heteroatoms. The Morgan fingerprint density at radius 1 is 0.959 bits per heavy atom. The van der Waals surface area contributed by atoms with Crippen LogP contribution >= 0.6 is 0 Å². The van der Waals surface area contributed by atoms with Gasteiger partial charge in [-0.15, -0.1) is 6.58 Å². The summed E-state index contributed by atoms with van der Waals surface area (Å²) in [7, 11) is 0. The van der Waals surface area contributed by atoms with Gasteiger partial charge >= 0.3 is 0 Å². The van der Waals surface area contributed by atoms with E-state index in [0.717, 1.165) is 32.1 Å². The summed E-state index contributed by atoms with van der Waals surface area (Å²) < 4.78 is 0. The normalized spacial score (nSPS) is 25.3. The summed E-state index contributed by atoms with van der Waals surface area (Å²) in [6, 6.07) is -4.05. The average Bonchev–Trinajstić information content (AvgIpc) is 3.90. The Morgan fingerprint density at radius 3 is 2.14 bits per heavy atom. The first-order valence-electron chi connectivity index (χ1n) is 17.6. The van der Waals surface area contributed by atoms with Crippen LogP contribution in [0.15, 0.2) is 12.7 Å². The highest BCUT2D eigenvalue weighted by Crippen LogP contribution is 2.65. The van der Waals surface area contributed by atoms with Gasteiger partial charge < -0.3 is 31.6 Å². The molecule has 0 aromatic heterocycles. The quantitative estimate of drug-likeness (QED) is 0.0870. The molecule has 0 aromatic rings. The van der Waals surface area contributed by atoms with Crippen LogP contribution in [0.1, 0.15) is 92.9 Å². The highest BCUT2D eigenvalue weighted by molar-refractivity contribution is 6.59. The number of hydrogen-bond donors (Lipinski definition) is 6. The van der Waals surface area contributed by atoms with E-state index in [1.54, 1.807) is 0 Å². The molecule has 4 rings (SSSR count). The molecule has 6 atom stereocenters. The van der Waals surface area contributed by atoms with Gasteiger partial charge in [-0.1, -0.05) is 79.7 Å². The summed E-state index contributed by atoms with van der Waals surface area (Å²) in [5.41, 5.74) is -2.23. The SMILES string of the molecule is C=CCNC(=O)C(=O)C(CC1CC1)NC(=O)[C@@H]1[C@@H]2[C@H](CN1C(=O)[C@@H](NC(=O)[C@@H](NC(=O)C(=N)C=N)C1(C)CCCCC1)C(C)(C)C)C2(C)C. The average molecular weight is 682 g/mol. The van der Waals surface area contributed by atoms with Crippen LogP contribution in [-0.4, -0.2) is 89.4 Å². The molecule has 13 nitrogen and oxygen atoms in total. The first-order valence-corrected chi connectivity index (χ1v) is 17.6. The van der Waals surface area contributed by atoms with Crippen molar-refractivity contribution in [1.82, 2.24) is 26.2 Å². The minimum absolute atomic E-state index is 0.0392. The van der Waals surface area contributed by atoms with Crippen molar-refractivity contribution in [3.05, 3.63) is 12.7 Å². The third-order valence-electron chi connectivity index (χ3n) is 11.3. The molecular formula is C36H55N7O6. The van der Waals surface area contributed by atoms with Gasteiger partial charge in [0.25, 0.3) is 11.8 Å². The number of likely N-dealkylation sites (tertiary alicyclic amines) is 1. The number of Topliss-reactive ketones (excluding diaryl/α,β-unsaturated/α-hetero) is 1. The standard InChI is InChI=1S/C36H55N7O6/c1-8-16-39-31(47)26(44)23(17-20-12-13-20)40-30(46)25-24-21(35(24,5)6)19-43(25)33(49)28(34(2,3)4)42-32(48)27(41-29(45)22(38)18-37)36(7)14-10-9-11-15-36/h8,18,20-21,23-25,27-28,37-38H,1,9-17,19H2,2-7H3,(H,39,47)(H,40,46)(H,41,45)(H,42,48)/t21-,23?,24-,25-,27+,28+/m0/s1. The van der Waals surface area contributed by atoms with Crippen molar-refractivity contribution >= 4 is 47.2 Å². The van der Waals surface area contributed by atoms with Gasteiger partial charge in [0, 0.05) is 19.3 Å². The number of carbonyl (C=O) groups is 6. The molecule has 6 N–H and O–H groups in total. The minimum Gasteiger partial charge on any atom is -0.346 e. The molecule has 49 heavy (non-hydrogen) atoms. The zero-order chi connectivity index (χ0) is 36.5. The van der Waals surface area contributed by atoms with Crippen molar-refractivity contribution in [3.63, 3.8) is 0 Å². The molecule has 1 heterocycles. The predicted octanol–water partition coefficient (Wildman–Crippen LogP) is 2.28. The zero-order valence-corrected chi connectivity index (χ0v) is 29.9. The van der Waals surface area contributed by atoms with Crippen molar-refractivity contribution in [1.29, 1.82) is 10.8 Å². The maximum absolute atomic E-state index is 14.5. The number of piperidine rings is 1. The Kier molecular flexibility index (Phi) is 11.2. The predicted molar refractivity (Wildman–Crippen MR) is 185 cm³/mol. The fourth-order valence-electron chi connectivity index (χ4n) is 7.92. The number of amides is 5. The molecule has 1 aliphatic heterocycles. The molecule has 3 aliphatic carbocycles. The Bertz CT molecular complexity index is 1390. The lowest BCUT2D eigenvalue weighted by molar-refractivity contribution is -0.147. The van der Waals surface area contributed by atoms with E-state index in [4.69, 9.17) is 10.8 Å². The molecule has 4 aliphatic rings. The van der Waals surface area contributed by atoms with Crippen LogP contribution < -0.4 is 21.3 Å². The molecular weight excluding hydrogens is 626 g/mol. The van der Waals surface area contributed by atoms with E-state index in [-0.39, 0.29) is 29.7 Å². The maximum atomic E-state index is 14.5. The number of carbonyl (C=O) groups excluding carboxylic acids is 6. The molecule has 1 saturated heterocycles. The van der Waals surface area contributed by atoms with Gasteiger partial charge in [-0.05, 0) is 53.3 Å². The van der Waals surface area contributed by atoms with E-state index in [1.807, 2.05) is 41.5 Å². The molecule has 0 bridgehead atoms. The molecule has 0 aromatic carbocycles. The number of nitrogens with one attached hydrogen (secondary N) is 6. The van der Waals surface area contributed by atoms with E-state index in [9.17, 15) is 28.8 Å². The Balaban J connectivity index is 1.59. The van der Waals surface area contributed by atoms with Crippen LogP contribution in [0, 0.1) is 44.8 Å². The maximum Gasteiger partial charge on any atom is 0.289 e. The molecule has 0 radical (unpaired) electrons. The second-order valence-corrected chi connectivity index (χ2v) is 16.5. The van der Waals surface area contributed by atoms with Gasteiger partial charge in [0.1, 0.15) is 23.8 Å². The largest absolute Gasteiger partial charge is 0.346 e. The van der Waals surface area contributed by atoms with Gasteiger partial charge in [0.05, 0.1) is 6.04 Å². The molecule has 0 spiro atoms. The van der Waals surface area contributed by atoms with Crippen molar-refractivity contribution in [2.45, 2.75) is 117 Å². The molecule has 1 unspecified atom stereocenters. The van der Waals surface area contributed by atoms with Gasteiger partial charge in [-0.2, -0.15) is 0 Å². The van der Waals surface area contributed by atoms with Gasteiger partial charge in [-0.25, -0.2) is 0 Å². The second-order valence-electron chi connectivity index (χ2n) is 16.5. The number of nitrogens with zero attached hydrogens (tertiary/aromatic N) is 1. The first kappa shape index (κ1) is 37.9. The smallest absolute Gasteiger partial charge is 0.289 e. The summed E-state index contributed by atoms with van der Waals surface area (Å²) in [6.45, 7) is 15.5. The number of fused-ring (bicyclic) bond motifs is 1. The summed E-state index contributed by atoms with van der Waals surface area (Å²) in [5.74, 6) is -3.76. The topological polar surface area (TPSA) is 201 Å². The summed E-state index contributed by atoms with van der Waals surface area (Å²) in [4.78, 5) is 82.9. The molecule has 3 saturated carbocycles. The van der Waals surface area contributed by atoms with E-state index in [2.05, 4.69) is 27.8 Å². The number of rotatable bonds is 15. The lowest BCUT2D eigenvalue weighted by Crippen LogP contribution is -2.64. The lowest BCUT2D eigenvalue weighted by atomic mass is 9.70. The van der Waals surface area contributed by atoms with Crippen LogP contribution in [0.3, 0.4) is 0 Å². The summed E-state index contributed by atoms with van der Waals surface area (Å²) in [6.07, 6.45) is 8.31. The van der Waals surface area contributed by atoms with Crippen molar-refractivity contribution in [2.24, 2.45) is 34.0 Å². The fourth-order valence-corrected chi connectivity index (χ4v) is 7.92. The Labute approximate surface area is 289 Å². The molecule has 270 valence electrons. The van der Waals surface area contributed by atoms with Crippen molar-refractivity contribution < 1.29 is 28.8 Å². The van der Waals surface area contributed by atoms with Crippen LogP contribution in [0.5, 0.6) is 0 Å². The molecule has 4 fully saturated rings. The van der Waals surface area contributed by atoms with Crippen LogP contribution in [0.4, 0.5) is 0 Å². The van der Waals surface area contributed by atoms with Crippen molar-refractivity contribution in [3.8, 4) is 0 Å². The van der Waals surface area contributed by atoms with E-state index in [1.165, 1.54) is 11.0 Å². The van der Waals surface area contributed by atoms with E-state index in [0.29, 0.717) is 32.0 Å². The first-order chi connectivity index (χ1) is 22.9. The monoisotopic (exact) mass is 681 g/mol. The Morgan fingerprint density at radius 2 is 1.59 bits per heavy atom. The number of ketones is 1. The fraction of sp³-hybridized carbons (Fsp3) is 0.722.